The highest BCUT2D eigenvalue weighted by atomic mass is 35.5. The highest BCUT2D eigenvalue weighted by molar-refractivity contribution is 5.92. The number of rotatable bonds is 5. The molecule has 2 aromatic rings. The smallest absolute Gasteiger partial charge is 0.269 e. The van der Waals surface area contributed by atoms with Crippen LogP contribution in [0.3, 0.4) is 0 Å². The van der Waals surface area contributed by atoms with Gasteiger partial charge in [-0.2, -0.15) is 5.10 Å². The fourth-order valence-corrected chi connectivity index (χ4v) is 3.15. The number of nitrogens with one attached hydrogen (secondary N) is 1. The van der Waals surface area contributed by atoms with Crippen molar-refractivity contribution >= 4 is 18.3 Å². The van der Waals surface area contributed by atoms with Crippen LogP contribution in [0.25, 0.3) is 0 Å². The first-order chi connectivity index (χ1) is 11.1. The Hall–Kier alpha value is -1.85. The van der Waals surface area contributed by atoms with E-state index in [0.29, 0.717) is 18.3 Å². The minimum Gasteiger partial charge on any atom is -0.347 e. The van der Waals surface area contributed by atoms with Gasteiger partial charge in [-0.15, -0.1) is 12.4 Å². The summed E-state index contributed by atoms with van der Waals surface area (Å²) < 4.78 is 1.89. The van der Waals surface area contributed by atoms with Gasteiger partial charge in [-0.1, -0.05) is 37.1 Å². The van der Waals surface area contributed by atoms with Crippen molar-refractivity contribution < 1.29 is 4.79 Å². The summed E-state index contributed by atoms with van der Waals surface area (Å²) in [6.45, 7) is 2.47. The second-order valence-electron chi connectivity index (χ2n) is 6.31. The first-order valence-electron chi connectivity index (χ1n) is 8.31. The van der Waals surface area contributed by atoms with Gasteiger partial charge in [-0.25, -0.2) is 0 Å². The zero-order chi connectivity index (χ0) is 16.2. The lowest BCUT2D eigenvalue weighted by molar-refractivity contribution is 0.0937. The van der Waals surface area contributed by atoms with Crippen LogP contribution in [-0.2, 0) is 6.54 Å². The number of hydrogen-bond acceptors (Lipinski definition) is 3. The largest absolute Gasteiger partial charge is 0.347 e. The van der Waals surface area contributed by atoms with Gasteiger partial charge in [0.05, 0.1) is 6.04 Å². The van der Waals surface area contributed by atoms with Crippen molar-refractivity contribution in [2.75, 3.05) is 0 Å². The molecule has 0 saturated heterocycles. The molecule has 1 atom stereocenters. The molecule has 1 amide bonds. The second kappa shape index (κ2) is 8.31. The van der Waals surface area contributed by atoms with Crippen LogP contribution >= 0.6 is 12.4 Å². The molecule has 0 aliphatic heterocycles. The zero-order valence-electron chi connectivity index (χ0n) is 13.9. The highest BCUT2D eigenvalue weighted by Gasteiger charge is 2.22. The second-order valence-corrected chi connectivity index (χ2v) is 6.31. The Kier molecular flexibility index (Phi) is 6.40. The molecule has 130 valence electrons. The first-order valence-corrected chi connectivity index (χ1v) is 8.31. The predicted molar refractivity (Wildman–Crippen MR) is 97.2 cm³/mol. The number of halogens is 1. The summed E-state index contributed by atoms with van der Waals surface area (Å²) >= 11 is 0. The van der Waals surface area contributed by atoms with E-state index in [1.54, 1.807) is 12.3 Å². The minimum atomic E-state index is -0.0642. The molecule has 3 rings (SSSR count). The van der Waals surface area contributed by atoms with Crippen molar-refractivity contribution in [2.45, 2.75) is 51.2 Å². The van der Waals surface area contributed by atoms with Crippen LogP contribution in [0.1, 0.15) is 66.3 Å². The summed E-state index contributed by atoms with van der Waals surface area (Å²) in [4.78, 5) is 12.4. The molecule has 0 bridgehead atoms. The molecule has 24 heavy (non-hydrogen) atoms. The van der Waals surface area contributed by atoms with Crippen LogP contribution in [-0.4, -0.2) is 15.7 Å². The SMILES string of the molecule is CC(N)c1ccc(CNC(=O)c2ccnn2C2CCCC2)cc1.Cl. The fourth-order valence-electron chi connectivity index (χ4n) is 3.15. The Morgan fingerprint density at radius 1 is 1.29 bits per heavy atom. The quantitative estimate of drug-likeness (QED) is 0.870. The number of carbonyl (C=O) groups is 1. The normalized spacial score (nSPS) is 15.8. The Bertz CT molecular complexity index is 660. The Balaban J connectivity index is 0.00000208. The maximum atomic E-state index is 12.4. The van der Waals surface area contributed by atoms with Crippen LogP contribution in [0, 0.1) is 0 Å². The molecule has 1 saturated carbocycles. The third kappa shape index (κ3) is 4.16. The number of nitrogens with two attached hydrogens (primary N) is 1. The van der Waals surface area contributed by atoms with Crippen LogP contribution in [0.15, 0.2) is 36.5 Å². The van der Waals surface area contributed by atoms with E-state index >= 15 is 0 Å². The summed E-state index contributed by atoms with van der Waals surface area (Å²) in [7, 11) is 0. The van der Waals surface area contributed by atoms with Crippen molar-refractivity contribution in [3.05, 3.63) is 53.3 Å². The van der Waals surface area contributed by atoms with E-state index < -0.39 is 0 Å². The van der Waals surface area contributed by atoms with Crippen molar-refractivity contribution in [3.63, 3.8) is 0 Å². The summed E-state index contributed by atoms with van der Waals surface area (Å²) in [5.74, 6) is -0.0642. The van der Waals surface area contributed by atoms with Gasteiger partial charge in [0.2, 0.25) is 0 Å². The van der Waals surface area contributed by atoms with E-state index in [1.165, 1.54) is 12.8 Å². The topological polar surface area (TPSA) is 72.9 Å². The lowest BCUT2D eigenvalue weighted by Gasteiger charge is -2.14. The van der Waals surface area contributed by atoms with Crippen molar-refractivity contribution in [1.29, 1.82) is 0 Å². The lowest BCUT2D eigenvalue weighted by atomic mass is 10.1. The molecule has 1 unspecified atom stereocenters. The Morgan fingerprint density at radius 2 is 1.96 bits per heavy atom. The average molecular weight is 349 g/mol. The van der Waals surface area contributed by atoms with Gasteiger partial charge in [-0.3, -0.25) is 9.48 Å². The van der Waals surface area contributed by atoms with E-state index in [9.17, 15) is 4.79 Å². The Labute approximate surface area is 149 Å². The molecule has 6 heteroatoms. The summed E-state index contributed by atoms with van der Waals surface area (Å²) in [6.07, 6.45) is 6.38. The number of benzene rings is 1. The van der Waals surface area contributed by atoms with Crippen LogP contribution in [0.2, 0.25) is 0 Å². The molecule has 0 radical (unpaired) electrons. The summed E-state index contributed by atoms with van der Waals surface area (Å²) in [5, 5.41) is 7.33. The standard InChI is InChI=1S/C18H24N4O.ClH/c1-13(19)15-8-6-14(7-9-15)12-20-18(23)17-10-11-21-22(17)16-4-2-3-5-16;/h6-11,13,16H,2-5,12,19H2,1H3,(H,20,23);1H. The maximum absolute atomic E-state index is 12.4. The minimum absolute atomic E-state index is 0. The molecule has 1 aliphatic carbocycles. The molecule has 1 fully saturated rings. The number of aromatic nitrogens is 2. The van der Waals surface area contributed by atoms with Crippen molar-refractivity contribution in [1.82, 2.24) is 15.1 Å². The first kappa shape index (κ1) is 18.5. The van der Waals surface area contributed by atoms with E-state index in [1.807, 2.05) is 35.9 Å². The van der Waals surface area contributed by atoms with E-state index in [4.69, 9.17) is 5.73 Å². The average Bonchev–Trinajstić information content (AvgIpc) is 3.23. The fraction of sp³-hybridized carbons (Fsp3) is 0.444. The van der Waals surface area contributed by atoms with Gasteiger partial charge in [0.25, 0.3) is 5.91 Å². The molecule has 1 heterocycles. The van der Waals surface area contributed by atoms with Crippen LogP contribution in [0.4, 0.5) is 0 Å². The van der Waals surface area contributed by atoms with Gasteiger partial charge in [0.15, 0.2) is 0 Å². The van der Waals surface area contributed by atoms with E-state index in [2.05, 4.69) is 10.4 Å². The lowest BCUT2D eigenvalue weighted by Crippen LogP contribution is -2.26. The zero-order valence-corrected chi connectivity index (χ0v) is 14.8. The van der Waals surface area contributed by atoms with E-state index in [0.717, 1.165) is 24.0 Å². The molecular formula is C18H25ClN4O. The predicted octanol–water partition coefficient (Wildman–Crippen LogP) is 3.37. The molecule has 5 nitrogen and oxygen atoms in total. The van der Waals surface area contributed by atoms with Gasteiger partial charge >= 0.3 is 0 Å². The number of amides is 1. The van der Waals surface area contributed by atoms with Gasteiger partial charge in [0, 0.05) is 18.8 Å². The molecule has 3 N–H and O–H groups in total. The van der Waals surface area contributed by atoms with Gasteiger partial charge in [-0.05, 0) is 37.0 Å². The molecule has 1 aliphatic rings. The summed E-state index contributed by atoms with van der Waals surface area (Å²) in [6, 6.07) is 10.2. The third-order valence-electron chi connectivity index (χ3n) is 4.53. The molecule has 0 spiro atoms. The number of hydrogen-bond donors (Lipinski definition) is 2. The van der Waals surface area contributed by atoms with Gasteiger partial charge < -0.3 is 11.1 Å². The maximum Gasteiger partial charge on any atom is 0.269 e. The van der Waals surface area contributed by atoms with Crippen LogP contribution < -0.4 is 11.1 Å². The number of carbonyl (C=O) groups excluding carboxylic acids is 1. The molecule has 1 aromatic heterocycles. The van der Waals surface area contributed by atoms with Crippen molar-refractivity contribution in [3.8, 4) is 0 Å². The van der Waals surface area contributed by atoms with Crippen molar-refractivity contribution in [2.24, 2.45) is 5.73 Å². The third-order valence-corrected chi connectivity index (χ3v) is 4.53. The number of nitrogens with zero attached hydrogens (tertiary/aromatic N) is 2. The van der Waals surface area contributed by atoms with Gasteiger partial charge in [0.1, 0.15) is 5.69 Å². The van der Waals surface area contributed by atoms with Crippen LogP contribution in [0.5, 0.6) is 0 Å². The Morgan fingerprint density at radius 3 is 2.58 bits per heavy atom. The summed E-state index contributed by atoms with van der Waals surface area (Å²) in [5.41, 5.74) is 8.66. The monoisotopic (exact) mass is 348 g/mol. The highest BCUT2D eigenvalue weighted by Crippen LogP contribution is 2.29. The molecule has 1 aromatic carbocycles. The van der Waals surface area contributed by atoms with E-state index in [-0.39, 0.29) is 24.4 Å². The molecular weight excluding hydrogens is 324 g/mol.